The van der Waals surface area contributed by atoms with Crippen molar-refractivity contribution in [2.75, 3.05) is 19.0 Å². The lowest BCUT2D eigenvalue weighted by atomic mass is 10.1. The maximum atomic E-state index is 12.4. The molecule has 0 aliphatic rings. The Kier molecular flexibility index (Phi) is 8.95. The Labute approximate surface area is 221 Å². The van der Waals surface area contributed by atoms with E-state index in [2.05, 4.69) is 15.8 Å². The van der Waals surface area contributed by atoms with Gasteiger partial charge in [-0.05, 0) is 77.4 Å². The quantitative estimate of drug-likeness (QED) is 0.159. The zero-order valence-electron chi connectivity index (χ0n) is 19.7. The van der Waals surface area contributed by atoms with E-state index in [1.807, 2.05) is 54.6 Å². The molecule has 0 atom stereocenters. The fraction of sp³-hybridized carbons (Fsp3) is 0.160. The first-order valence-corrected chi connectivity index (χ1v) is 11.7. The number of nitrogens with zero attached hydrogens (tertiary/aromatic N) is 2. The number of nitro benzene ring substituents is 1. The molecule has 3 aromatic carbocycles. The predicted octanol–water partition coefficient (Wildman–Crippen LogP) is 4.61. The number of rotatable bonds is 9. The Hall–Kier alpha value is -4.00. The Morgan fingerprint density at radius 2 is 1.92 bits per heavy atom. The molecule has 0 saturated heterocycles. The number of nitrogens with one attached hydrogen (secondary N) is 2. The molecule has 36 heavy (non-hydrogen) atoms. The Balaban J connectivity index is 1.65. The van der Waals surface area contributed by atoms with Crippen molar-refractivity contribution in [1.82, 2.24) is 5.43 Å². The van der Waals surface area contributed by atoms with Gasteiger partial charge in [-0.1, -0.05) is 18.2 Å². The van der Waals surface area contributed by atoms with E-state index in [0.717, 1.165) is 16.8 Å². The van der Waals surface area contributed by atoms with Crippen molar-refractivity contribution in [2.24, 2.45) is 5.10 Å². The van der Waals surface area contributed by atoms with Crippen molar-refractivity contribution < 1.29 is 24.0 Å². The number of carbonyl (C=O) groups excluding carboxylic acids is 2. The van der Waals surface area contributed by atoms with Gasteiger partial charge in [-0.25, -0.2) is 5.43 Å². The smallest absolute Gasteiger partial charge is 0.271 e. The van der Waals surface area contributed by atoms with Gasteiger partial charge >= 0.3 is 0 Å². The van der Waals surface area contributed by atoms with Crippen molar-refractivity contribution in [3.8, 4) is 11.5 Å². The first kappa shape index (κ1) is 26.6. The van der Waals surface area contributed by atoms with Gasteiger partial charge in [0, 0.05) is 23.4 Å². The molecule has 0 saturated carbocycles. The van der Waals surface area contributed by atoms with Gasteiger partial charge in [-0.15, -0.1) is 0 Å². The molecule has 0 heterocycles. The normalized spacial score (nSPS) is 10.7. The zero-order valence-corrected chi connectivity index (χ0v) is 21.9. The highest BCUT2D eigenvalue weighted by molar-refractivity contribution is 14.1. The number of hydrogen-bond donors (Lipinski definition) is 2. The van der Waals surface area contributed by atoms with Gasteiger partial charge in [-0.3, -0.25) is 19.7 Å². The first-order valence-electron chi connectivity index (χ1n) is 10.6. The third-order valence-electron chi connectivity index (χ3n) is 4.97. The minimum absolute atomic E-state index is 0.108. The number of non-ortho nitro benzene ring substituents is 1. The average molecular weight is 602 g/mol. The average Bonchev–Trinajstić information content (AvgIpc) is 2.85. The van der Waals surface area contributed by atoms with Crippen LogP contribution in [0.3, 0.4) is 0 Å². The fourth-order valence-corrected chi connectivity index (χ4v) is 3.92. The van der Waals surface area contributed by atoms with E-state index in [1.54, 1.807) is 12.1 Å². The molecule has 10 nitrogen and oxygen atoms in total. The van der Waals surface area contributed by atoms with E-state index >= 15 is 0 Å². The van der Waals surface area contributed by atoms with Gasteiger partial charge in [0.25, 0.3) is 17.5 Å². The summed E-state index contributed by atoms with van der Waals surface area (Å²) in [6, 6.07) is 14.5. The largest absolute Gasteiger partial charge is 0.493 e. The molecule has 0 bridgehead atoms. The molecule has 3 rings (SSSR count). The molecule has 0 spiro atoms. The number of hydrazone groups is 1. The monoisotopic (exact) mass is 602 g/mol. The van der Waals surface area contributed by atoms with Crippen LogP contribution in [0.25, 0.3) is 0 Å². The van der Waals surface area contributed by atoms with E-state index in [4.69, 9.17) is 9.47 Å². The number of methoxy groups -OCH3 is 1. The molecule has 0 aliphatic carbocycles. The van der Waals surface area contributed by atoms with E-state index in [9.17, 15) is 19.7 Å². The summed E-state index contributed by atoms with van der Waals surface area (Å²) in [6.07, 6.45) is 1.40. The molecule has 186 valence electrons. The van der Waals surface area contributed by atoms with Crippen LogP contribution in [0.4, 0.5) is 11.4 Å². The number of hydrogen-bond acceptors (Lipinski definition) is 7. The fourth-order valence-electron chi connectivity index (χ4n) is 3.14. The zero-order chi connectivity index (χ0) is 26.2. The number of amides is 2. The third-order valence-corrected chi connectivity index (χ3v) is 5.77. The second-order valence-electron chi connectivity index (χ2n) is 7.70. The molecule has 0 radical (unpaired) electrons. The van der Waals surface area contributed by atoms with Crippen LogP contribution < -0.4 is 20.2 Å². The second-order valence-corrected chi connectivity index (χ2v) is 8.86. The summed E-state index contributed by atoms with van der Waals surface area (Å²) in [4.78, 5) is 35.0. The first-order chi connectivity index (χ1) is 17.2. The van der Waals surface area contributed by atoms with Crippen LogP contribution in [0.5, 0.6) is 11.5 Å². The van der Waals surface area contributed by atoms with E-state index in [0.29, 0.717) is 20.6 Å². The number of carbonyl (C=O) groups is 2. The predicted molar refractivity (Wildman–Crippen MR) is 144 cm³/mol. The number of benzene rings is 3. The Morgan fingerprint density at radius 3 is 2.64 bits per heavy atom. The van der Waals surface area contributed by atoms with Gasteiger partial charge in [0.05, 0.1) is 21.8 Å². The third kappa shape index (κ3) is 7.01. The minimum atomic E-state index is -0.591. The number of aryl methyl sites for hydroxylation is 2. The van der Waals surface area contributed by atoms with Crippen LogP contribution in [-0.4, -0.2) is 36.7 Å². The van der Waals surface area contributed by atoms with Crippen LogP contribution >= 0.6 is 22.6 Å². The van der Waals surface area contributed by atoms with Gasteiger partial charge in [0.15, 0.2) is 18.1 Å². The summed E-state index contributed by atoms with van der Waals surface area (Å²) in [7, 11) is 1.47. The van der Waals surface area contributed by atoms with Gasteiger partial charge in [0.1, 0.15) is 0 Å². The van der Waals surface area contributed by atoms with Crippen LogP contribution in [0, 0.1) is 27.5 Å². The Morgan fingerprint density at radius 1 is 1.14 bits per heavy atom. The summed E-state index contributed by atoms with van der Waals surface area (Å²) < 4.78 is 11.8. The van der Waals surface area contributed by atoms with E-state index in [-0.39, 0.29) is 23.8 Å². The summed E-state index contributed by atoms with van der Waals surface area (Å²) in [5, 5.41) is 17.6. The molecule has 11 heteroatoms. The lowest BCUT2D eigenvalue weighted by Gasteiger charge is -2.14. The van der Waals surface area contributed by atoms with Gasteiger partial charge in [-0.2, -0.15) is 5.10 Å². The molecule has 3 aromatic rings. The lowest BCUT2D eigenvalue weighted by Crippen LogP contribution is -2.21. The lowest BCUT2D eigenvalue weighted by molar-refractivity contribution is -0.384. The van der Waals surface area contributed by atoms with E-state index < -0.39 is 10.8 Å². The standard InChI is InChI=1S/C25H23IN4O6/c1-15-7-8-16(2)21(9-15)28-23(31)14-36-24-20(26)10-17(11-22(24)35-3)13-27-29-25(32)18-5-4-6-19(12-18)30(33)34/h4-13H,14H2,1-3H3,(H,28,31)(H,29,32)/b27-13+. The van der Waals surface area contributed by atoms with Gasteiger partial charge in [0.2, 0.25) is 0 Å². The Bertz CT molecular complexity index is 1340. The molecular formula is C25H23IN4O6. The van der Waals surface area contributed by atoms with Crippen molar-refractivity contribution >= 4 is 52.0 Å². The topological polar surface area (TPSA) is 132 Å². The van der Waals surface area contributed by atoms with Crippen molar-refractivity contribution in [1.29, 1.82) is 0 Å². The SMILES string of the molecule is COc1cc(/C=N/NC(=O)c2cccc([N+](=O)[O-])c2)cc(I)c1OCC(=O)Nc1cc(C)ccc1C. The maximum Gasteiger partial charge on any atom is 0.271 e. The number of nitro groups is 1. The molecular weight excluding hydrogens is 579 g/mol. The minimum Gasteiger partial charge on any atom is -0.493 e. The molecule has 2 amide bonds. The molecule has 0 aliphatic heterocycles. The molecule has 2 N–H and O–H groups in total. The molecule has 0 unspecified atom stereocenters. The van der Waals surface area contributed by atoms with Crippen molar-refractivity contribution in [2.45, 2.75) is 13.8 Å². The summed E-state index contributed by atoms with van der Waals surface area (Å²) >= 11 is 2.05. The van der Waals surface area contributed by atoms with Gasteiger partial charge < -0.3 is 14.8 Å². The van der Waals surface area contributed by atoms with Crippen molar-refractivity contribution in [3.05, 3.63) is 90.5 Å². The number of anilines is 1. The summed E-state index contributed by atoms with van der Waals surface area (Å²) in [5.41, 5.74) is 5.56. The second kappa shape index (κ2) is 12.1. The maximum absolute atomic E-state index is 12.4. The highest BCUT2D eigenvalue weighted by atomic mass is 127. The molecule has 0 fully saturated rings. The van der Waals surface area contributed by atoms with Crippen molar-refractivity contribution in [3.63, 3.8) is 0 Å². The van der Waals surface area contributed by atoms with Crippen LogP contribution in [0.1, 0.15) is 27.0 Å². The van der Waals surface area contributed by atoms with Crippen LogP contribution in [0.15, 0.2) is 59.7 Å². The van der Waals surface area contributed by atoms with E-state index in [1.165, 1.54) is 37.6 Å². The summed E-state index contributed by atoms with van der Waals surface area (Å²) in [6.45, 7) is 3.64. The number of ether oxygens (including phenoxy) is 2. The highest BCUT2D eigenvalue weighted by Crippen LogP contribution is 2.33. The molecule has 0 aromatic heterocycles. The van der Waals surface area contributed by atoms with Crippen LogP contribution in [0.2, 0.25) is 0 Å². The highest BCUT2D eigenvalue weighted by Gasteiger charge is 2.14. The summed E-state index contributed by atoms with van der Waals surface area (Å²) in [5.74, 6) is -0.123. The van der Waals surface area contributed by atoms with Crippen LogP contribution in [-0.2, 0) is 4.79 Å². The number of halogens is 1.